The van der Waals surface area contributed by atoms with E-state index in [1.807, 2.05) is 0 Å². The van der Waals surface area contributed by atoms with E-state index in [4.69, 9.17) is 11.5 Å². The van der Waals surface area contributed by atoms with Crippen LogP contribution >= 0.6 is 0 Å². The number of nitrogens with two attached hydrogens (primary N) is 2. The Morgan fingerprint density at radius 1 is 0.750 bits per heavy atom. The molecule has 0 amide bonds. The van der Waals surface area contributed by atoms with E-state index in [9.17, 15) is 35.5 Å². The van der Waals surface area contributed by atoms with Gasteiger partial charge in [-0.3, -0.25) is 18.7 Å². The van der Waals surface area contributed by atoms with Gasteiger partial charge in [0.25, 0.3) is 20.2 Å². The van der Waals surface area contributed by atoms with Crippen LogP contribution in [-0.2, 0) is 20.2 Å². The van der Waals surface area contributed by atoms with Gasteiger partial charge >= 0.3 is 0 Å². The predicted molar refractivity (Wildman–Crippen MR) is 133 cm³/mol. The number of hydrogen-bond acceptors (Lipinski definition) is 9. The Labute approximate surface area is 206 Å². The number of carbonyl (C=O) groups excluding carboxylic acids is 2. The molecule has 0 aromatic heterocycles. The van der Waals surface area contributed by atoms with Gasteiger partial charge in [-0.2, -0.15) is 16.8 Å². The predicted octanol–water partition coefficient (Wildman–Crippen LogP) is 2.45. The van der Waals surface area contributed by atoms with Crippen molar-refractivity contribution < 1.29 is 35.5 Å². The van der Waals surface area contributed by atoms with Crippen molar-refractivity contribution in [3.63, 3.8) is 0 Å². The summed E-state index contributed by atoms with van der Waals surface area (Å²) in [7, 11) is -8.75. The standard InChI is InChI=1S/C23H21N3O8S2/c1-9-8-13(26-3)14(22(10(9)2)35(29,30)31)15-16-17(19(25)23(18(15)24)36(32,33)34)21(28)12-7-5-4-6-11(12)20(16)27/h4-8,26H,24-25H2,1-3H3,(H,29,30,31)(H,32,33,34). The third-order valence-electron chi connectivity index (χ3n) is 6.22. The molecule has 11 nitrogen and oxygen atoms in total. The molecule has 0 saturated heterocycles. The van der Waals surface area contributed by atoms with Crippen LogP contribution in [-0.4, -0.2) is 44.6 Å². The molecule has 0 radical (unpaired) electrons. The number of nitrogen functional groups attached to an aromatic ring is 2. The van der Waals surface area contributed by atoms with E-state index >= 15 is 0 Å². The van der Waals surface area contributed by atoms with E-state index < -0.39 is 69.7 Å². The van der Waals surface area contributed by atoms with Crippen LogP contribution in [0, 0.1) is 13.8 Å². The summed E-state index contributed by atoms with van der Waals surface area (Å²) in [5, 5.41) is 2.76. The van der Waals surface area contributed by atoms with E-state index in [0.29, 0.717) is 5.56 Å². The zero-order valence-electron chi connectivity index (χ0n) is 19.2. The molecule has 13 heteroatoms. The molecule has 3 aromatic carbocycles. The maximum absolute atomic E-state index is 13.7. The molecule has 188 valence electrons. The van der Waals surface area contributed by atoms with Gasteiger partial charge in [0.1, 0.15) is 9.79 Å². The number of benzene rings is 3. The van der Waals surface area contributed by atoms with Crippen molar-refractivity contribution in [1.29, 1.82) is 0 Å². The number of rotatable bonds is 4. The third-order valence-corrected chi connectivity index (χ3v) is 8.20. The van der Waals surface area contributed by atoms with Crippen LogP contribution in [0.25, 0.3) is 11.1 Å². The lowest BCUT2D eigenvalue weighted by Gasteiger charge is -2.27. The zero-order valence-corrected chi connectivity index (χ0v) is 20.8. The number of carbonyl (C=O) groups is 2. The maximum Gasteiger partial charge on any atom is 0.298 e. The van der Waals surface area contributed by atoms with Crippen molar-refractivity contribution >= 4 is 48.9 Å². The Morgan fingerprint density at radius 2 is 1.22 bits per heavy atom. The Hall–Kier alpha value is -3.78. The summed E-state index contributed by atoms with van der Waals surface area (Å²) in [5.41, 5.74) is 9.28. The second kappa shape index (κ2) is 8.13. The minimum atomic E-state index is -5.18. The van der Waals surface area contributed by atoms with Gasteiger partial charge in [-0.1, -0.05) is 24.3 Å². The van der Waals surface area contributed by atoms with Crippen molar-refractivity contribution in [2.45, 2.75) is 23.6 Å². The average molecular weight is 532 g/mol. The van der Waals surface area contributed by atoms with Gasteiger partial charge in [0.2, 0.25) is 0 Å². The van der Waals surface area contributed by atoms with Gasteiger partial charge in [0.05, 0.1) is 16.9 Å². The fourth-order valence-electron chi connectivity index (χ4n) is 4.57. The second-order valence-electron chi connectivity index (χ2n) is 8.26. The highest BCUT2D eigenvalue weighted by Gasteiger charge is 2.40. The van der Waals surface area contributed by atoms with E-state index in [1.165, 1.54) is 44.3 Å². The fourth-order valence-corrected chi connectivity index (χ4v) is 6.35. The van der Waals surface area contributed by atoms with Crippen molar-refractivity contribution in [3.05, 3.63) is 63.7 Å². The molecule has 0 bridgehead atoms. The lowest BCUT2D eigenvalue weighted by molar-refractivity contribution is 0.0980. The lowest BCUT2D eigenvalue weighted by Crippen LogP contribution is -2.26. The SMILES string of the molecule is CNc1cc(C)c(C)c(S(=O)(=O)O)c1-c1c(N)c(S(=O)(=O)O)c(N)c2c1C(=O)c1ccccc1C2=O. The third kappa shape index (κ3) is 3.55. The van der Waals surface area contributed by atoms with Gasteiger partial charge in [-0.25, -0.2) is 0 Å². The molecule has 0 atom stereocenters. The van der Waals surface area contributed by atoms with E-state index in [1.54, 1.807) is 6.92 Å². The Bertz CT molecular complexity index is 1740. The molecule has 0 unspecified atom stereocenters. The monoisotopic (exact) mass is 531 g/mol. The summed E-state index contributed by atoms with van der Waals surface area (Å²) in [5.74, 6) is -1.61. The molecule has 0 spiro atoms. The van der Waals surface area contributed by atoms with Gasteiger partial charge in [0.15, 0.2) is 11.6 Å². The Morgan fingerprint density at radius 3 is 1.69 bits per heavy atom. The highest BCUT2D eigenvalue weighted by atomic mass is 32.2. The fraction of sp³-hybridized carbons (Fsp3) is 0.130. The van der Waals surface area contributed by atoms with Crippen LogP contribution in [0.15, 0.2) is 40.1 Å². The van der Waals surface area contributed by atoms with Gasteiger partial charge in [-0.15, -0.1) is 0 Å². The molecule has 4 rings (SSSR count). The number of nitrogens with one attached hydrogen (secondary N) is 1. The first-order valence-electron chi connectivity index (χ1n) is 10.3. The molecule has 1 aliphatic rings. The topological polar surface area (TPSA) is 207 Å². The summed E-state index contributed by atoms with van der Waals surface area (Å²) < 4.78 is 70.0. The van der Waals surface area contributed by atoms with E-state index in [0.717, 1.165) is 0 Å². The number of ketones is 2. The van der Waals surface area contributed by atoms with Gasteiger partial charge in [-0.05, 0) is 31.0 Å². The van der Waals surface area contributed by atoms with Crippen LogP contribution in [0.3, 0.4) is 0 Å². The Balaban J connectivity index is 2.38. The lowest BCUT2D eigenvalue weighted by atomic mass is 9.78. The maximum atomic E-state index is 13.7. The largest absolute Gasteiger partial charge is 0.397 e. The highest BCUT2D eigenvalue weighted by Crippen LogP contribution is 2.49. The van der Waals surface area contributed by atoms with Crippen molar-refractivity contribution in [3.8, 4) is 11.1 Å². The molecule has 36 heavy (non-hydrogen) atoms. The molecule has 0 fully saturated rings. The average Bonchev–Trinajstić information content (AvgIpc) is 2.77. The zero-order chi connectivity index (χ0) is 26.9. The van der Waals surface area contributed by atoms with Crippen molar-refractivity contribution in [2.75, 3.05) is 23.8 Å². The van der Waals surface area contributed by atoms with Crippen LogP contribution in [0.1, 0.15) is 43.0 Å². The molecular weight excluding hydrogens is 510 g/mol. The highest BCUT2D eigenvalue weighted by molar-refractivity contribution is 7.86. The van der Waals surface area contributed by atoms with Crippen LogP contribution in [0.4, 0.5) is 17.1 Å². The number of fused-ring (bicyclic) bond motifs is 2. The Kier molecular flexibility index (Phi) is 5.72. The first kappa shape index (κ1) is 25.3. The summed E-state index contributed by atoms with van der Waals surface area (Å²) in [4.78, 5) is 25.5. The van der Waals surface area contributed by atoms with E-state index in [2.05, 4.69) is 5.32 Å². The first-order valence-corrected chi connectivity index (χ1v) is 13.2. The molecule has 1 aliphatic carbocycles. The molecule has 0 aliphatic heterocycles. The molecular formula is C23H21N3O8S2. The normalized spacial score (nSPS) is 13.4. The smallest absolute Gasteiger partial charge is 0.298 e. The van der Waals surface area contributed by atoms with Crippen molar-refractivity contribution in [1.82, 2.24) is 0 Å². The van der Waals surface area contributed by atoms with Gasteiger partial charge in [0, 0.05) is 40.6 Å². The summed E-state index contributed by atoms with van der Waals surface area (Å²) >= 11 is 0. The van der Waals surface area contributed by atoms with Crippen LogP contribution in [0.2, 0.25) is 0 Å². The van der Waals surface area contributed by atoms with E-state index in [-0.39, 0.29) is 27.9 Å². The minimum Gasteiger partial charge on any atom is -0.397 e. The summed E-state index contributed by atoms with van der Waals surface area (Å²) in [6.07, 6.45) is 0. The quantitative estimate of drug-likeness (QED) is 0.191. The van der Waals surface area contributed by atoms with Crippen LogP contribution < -0.4 is 16.8 Å². The summed E-state index contributed by atoms with van der Waals surface area (Å²) in [6, 6.07) is 7.21. The number of hydrogen-bond donors (Lipinski definition) is 5. The number of anilines is 3. The molecule has 7 N–H and O–H groups in total. The molecule has 3 aromatic rings. The second-order valence-corrected chi connectivity index (χ2v) is 11.0. The summed E-state index contributed by atoms with van der Waals surface area (Å²) in [6.45, 7) is 2.97. The van der Waals surface area contributed by atoms with Crippen LogP contribution in [0.5, 0.6) is 0 Å². The van der Waals surface area contributed by atoms with Gasteiger partial charge < -0.3 is 16.8 Å². The minimum absolute atomic E-state index is 0.0436. The first-order chi connectivity index (χ1) is 16.6. The van der Waals surface area contributed by atoms with Crippen molar-refractivity contribution in [2.24, 2.45) is 0 Å². The molecule has 0 heterocycles. The number of aryl methyl sites for hydroxylation is 1. The molecule has 0 saturated carbocycles.